The molecule has 1 aliphatic heterocycles. The molecule has 4 aromatic rings. The minimum Gasteiger partial charge on any atom is -0.487 e. The molecule has 0 fully saturated rings. The van der Waals surface area contributed by atoms with Crippen LogP contribution in [-0.4, -0.2) is 37.9 Å². The maximum Gasteiger partial charge on any atom is 0.307 e. The number of aryl methyl sites for hydroxylation is 2. The molecule has 3 heterocycles. The molecule has 0 amide bonds. The van der Waals surface area contributed by atoms with E-state index in [4.69, 9.17) is 4.74 Å². The number of aliphatic hydroxyl groups is 1. The number of anilines is 2. The molecule has 0 saturated heterocycles. The molecule has 7 heteroatoms. The number of hydrogen-bond donors (Lipinski definition) is 2. The number of nitrogens with zero attached hydrogens (tertiary/aromatic N) is 3. The number of hydrogen-bond acceptors (Lipinski definition) is 5. The van der Waals surface area contributed by atoms with Crippen molar-refractivity contribution < 1.29 is 19.7 Å². The Balaban J connectivity index is 1.87. The molecule has 0 spiro atoms. The summed E-state index contributed by atoms with van der Waals surface area (Å²) >= 11 is 0. The fourth-order valence-electron chi connectivity index (χ4n) is 5.59. The van der Waals surface area contributed by atoms with Gasteiger partial charge in [0.1, 0.15) is 17.2 Å². The van der Waals surface area contributed by atoms with Crippen LogP contribution < -0.4 is 9.64 Å². The van der Waals surface area contributed by atoms with Crippen LogP contribution >= 0.6 is 0 Å². The average Bonchev–Trinajstić information content (AvgIpc) is 3.18. The van der Waals surface area contributed by atoms with Gasteiger partial charge in [0, 0.05) is 29.7 Å². The van der Waals surface area contributed by atoms with E-state index >= 15 is 0 Å². The molecule has 2 N–H and O–H groups in total. The average molecular weight is 514 g/mol. The van der Waals surface area contributed by atoms with Gasteiger partial charge in [-0.25, -0.2) is 4.98 Å². The Bertz CT molecular complexity index is 1560. The monoisotopic (exact) mass is 513 g/mol. The third-order valence-electron chi connectivity index (χ3n) is 7.11. The number of aliphatic carboxylic acids is 1. The lowest BCUT2D eigenvalue weighted by molar-refractivity contribution is -0.136. The van der Waals surface area contributed by atoms with E-state index in [1.807, 2.05) is 52.8 Å². The van der Waals surface area contributed by atoms with Crippen molar-refractivity contribution in [3.63, 3.8) is 0 Å². The Kier molecular flexibility index (Phi) is 6.43. The fraction of sp³-hybridized carbons (Fsp3) is 0.355. The highest BCUT2D eigenvalue weighted by Gasteiger charge is 2.31. The minimum atomic E-state index is -0.884. The second-order valence-electron chi connectivity index (χ2n) is 11.1. The number of carboxylic acids is 1. The van der Waals surface area contributed by atoms with Gasteiger partial charge in [-0.15, -0.1) is 0 Å². The third kappa shape index (κ3) is 4.52. The van der Waals surface area contributed by atoms with Gasteiger partial charge in [0.05, 0.1) is 29.9 Å². The fourth-order valence-corrected chi connectivity index (χ4v) is 5.59. The Morgan fingerprint density at radius 1 is 1.08 bits per heavy atom. The van der Waals surface area contributed by atoms with Gasteiger partial charge in [0.15, 0.2) is 0 Å². The third-order valence-corrected chi connectivity index (χ3v) is 7.11. The first kappa shape index (κ1) is 25.8. The number of ether oxygens (including phenoxy) is 1. The van der Waals surface area contributed by atoms with Crippen LogP contribution in [0.5, 0.6) is 5.75 Å². The minimum absolute atomic E-state index is 0.116. The van der Waals surface area contributed by atoms with E-state index in [1.165, 1.54) is 0 Å². The lowest BCUT2D eigenvalue weighted by Gasteiger charge is -2.34. The number of carbonyl (C=O) groups is 1. The summed E-state index contributed by atoms with van der Waals surface area (Å²) in [7, 11) is 0. The van der Waals surface area contributed by atoms with Crippen LogP contribution in [0.3, 0.4) is 0 Å². The first-order valence-corrected chi connectivity index (χ1v) is 13.0. The van der Waals surface area contributed by atoms with Crippen molar-refractivity contribution in [1.82, 2.24) is 9.55 Å². The molecular weight excluding hydrogens is 478 g/mol. The zero-order valence-corrected chi connectivity index (χ0v) is 22.9. The van der Waals surface area contributed by atoms with Gasteiger partial charge in [0.2, 0.25) is 0 Å². The van der Waals surface area contributed by atoms with E-state index in [0.29, 0.717) is 12.2 Å². The highest BCUT2D eigenvalue weighted by molar-refractivity contribution is 6.08. The maximum atomic E-state index is 12.2. The van der Waals surface area contributed by atoms with Gasteiger partial charge in [-0.1, -0.05) is 18.2 Å². The molecule has 0 radical (unpaired) electrons. The number of aliphatic hydroxyl groups excluding tert-OH is 1. The van der Waals surface area contributed by atoms with Crippen LogP contribution in [0.15, 0.2) is 42.5 Å². The first-order chi connectivity index (χ1) is 18.0. The predicted octanol–water partition coefficient (Wildman–Crippen LogP) is 6.08. The van der Waals surface area contributed by atoms with Crippen molar-refractivity contribution in [1.29, 1.82) is 0 Å². The highest BCUT2D eigenvalue weighted by atomic mass is 16.5. The van der Waals surface area contributed by atoms with Gasteiger partial charge in [-0.2, -0.15) is 0 Å². The van der Waals surface area contributed by atoms with Crippen molar-refractivity contribution in [2.75, 3.05) is 11.4 Å². The van der Waals surface area contributed by atoms with Gasteiger partial charge >= 0.3 is 5.97 Å². The normalized spacial score (nSPS) is 13.3. The number of benzene rings is 2. The Morgan fingerprint density at radius 3 is 2.53 bits per heavy atom. The van der Waals surface area contributed by atoms with E-state index in [1.54, 1.807) is 6.07 Å². The van der Waals surface area contributed by atoms with E-state index in [-0.39, 0.29) is 13.0 Å². The molecule has 0 saturated carbocycles. The Hall–Kier alpha value is -3.84. The van der Waals surface area contributed by atoms with Crippen molar-refractivity contribution in [3.05, 3.63) is 70.5 Å². The standard InChI is InChI=1S/C31H35N3O4/c1-18-10-11-22(25(14-18)38-31(4,5)6)28-23(16-27(36)37)20(3)29-30-24(28)15-19(2)33(30)12-13-34(29)26-9-7-8-21(17-35)32-26/h7-11,14-15,35H,12-13,16-17H2,1-6H3,(H,36,37). The topological polar surface area (TPSA) is 87.8 Å². The molecule has 198 valence electrons. The molecule has 2 aromatic carbocycles. The smallest absolute Gasteiger partial charge is 0.307 e. The van der Waals surface area contributed by atoms with Crippen LogP contribution in [0.4, 0.5) is 11.5 Å². The summed E-state index contributed by atoms with van der Waals surface area (Å²) in [5, 5.41) is 20.7. The quantitative estimate of drug-likeness (QED) is 0.325. The summed E-state index contributed by atoms with van der Waals surface area (Å²) in [6.07, 6.45) is -0.116. The number of aromatic nitrogens is 2. The van der Waals surface area contributed by atoms with E-state index in [0.717, 1.165) is 68.2 Å². The van der Waals surface area contributed by atoms with Crippen LogP contribution in [0.2, 0.25) is 0 Å². The van der Waals surface area contributed by atoms with Crippen molar-refractivity contribution in [3.8, 4) is 16.9 Å². The van der Waals surface area contributed by atoms with Crippen LogP contribution in [0, 0.1) is 20.8 Å². The maximum absolute atomic E-state index is 12.2. The number of carboxylic acid groups (broad SMARTS) is 1. The van der Waals surface area contributed by atoms with Gasteiger partial charge < -0.3 is 24.4 Å². The van der Waals surface area contributed by atoms with Crippen molar-refractivity contribution in [2.45, 2.75) is 66.7 Å². The summed E-state index contributed by atoms with van der Waals surface area (Å²) < 4.78 is 8.76. The zero-order valence-electron chi connectivity index (χ0n) is 22.9. The van der Waals surface area contributed by atoms with Crippen LogP contribution in [0.25, 0.3) is 22.0 Å². The van der Waals surface area contributed by atoms with E-state index in [9.17, 15) is 15.0 Å². The summed E-state index contributed by atoms with van der Waals surface area (Å²) in [4.78, 5) is 19.1. The molecule has 7 nitrogen and oxygen atoms in total. The SMILES string of the molecule is Cc1ccc(-c2c(CC(=O)O)c(C)c3c4c2cc(C)n4CCN3c2cccc(CO)n2)c(OC(C)(C)C)c1. The molecule has 0 bridgehead atoms. The van der Waals surface area contributed by atoms with E-state index in [2.05, 4.69) is 39.6 Å². The summed E-state index contributed by atoms with van der Waals surface area (Å²) in [6, 6.07) is 13.9. The first-order valence-electron chi connectivity index (χ1n) is 13.0. The van der Waals surface area contributed by atoms with Crippen LogP contribution in [0.1, 0.15) is 48.8 Å². The summed E-state index contributed by atoms with van der Waals surface area (Å²) in [5.74, 6) is 0.603. The summed E-state index contributed by atoms with van der Waals surface area (Å²) in [5.41, 5.74) is 7.88. The number of rotatable bonds is 6. The zero-order chi connectivity index (χ0) is 27.4. The lowest BCUT2D eigenvalue weighted by Crippen LogP contribution is -2.30. The van der Waals surface area contributed by atoms with Gasteiger partial charge in [-0.3, -0.25) is 4.79 Å². The Labute approximate surface area is 223 Å². The second kappa shape index (κ2) is 9.48. The Morgan fingerprint density at radius 2 is 1.84 bits per heavy atom. The molecular formula is C31H35N3O4. The van der Waals surface area contributed by atoms with E-state index < -0.39 is 11.6 Å². The second-order valence-corrected chi connectivity index (χ2v) is 11.1. The van der Waals surface area contributed by atoms with Crippen molar-refractivity contribution >= 4 is 28.4 Å². The number of pyridine rings is 1. The largest absolute Gasteiger partial charge is 0.487 e. The highest BCUT2D eigenvalue weighted by Crippen LogP contribution is 2.48. The molecule has 5 rings (SSSR count). The van der Waals surface area contributed by atoms with Crippen LogP contribution in [-0.2, 0) is 24.4 Å². The molecule has 0 aliphatic carbocycles. The molecule has 0 atom stereocenters. The molecule has 2 aromatic heterocycles. The molecule has 0 unspecified atom stereocenters. The van der Waals surface area contributed by atoms with Gasteiger partial charge in [0.25, 0.3) is 0 Å². The predicted molar refractivity (Wildman–Crippen MR) is 150 cm³/mol. The molecule has 38 heavy (non-hydrogen) atoms. The molecule has 1 aliphatic rings. The lowest BCUT2D eigenvalue weighted by atomic mass is 9.87. The van der Waals surface area contributed by atoms with Crippen molar-refractivity contribution in [2.24, 2.45) is 0 Å². The summed E-state index contributed by atoms with van der Waals surface area (Å²) in [6.45, 7) is 13.5. The van der Waals surface area contributed by atoms with Gasteiger partial charge in [-0.05, 0) is 88.1 Å².